The van der Waals surface area contributed by atoms with Gasteiger partial charge in [0.2, 0.25) is 0 Å². The molecule has 1 aliphatic heterocycles. The van der Waals surface area contributed by atoms with Gasteiger partial charge in [0.1, 0.15) is 53.0 Å². The predicted molar refractivity (Wildman–Crippen MR) is 156 cm³/mol. The molecule has 16 nitrogen and oxygen atoms in total. The number of anilines is 1. The van der Waals surface area contributed by atoms with E-state index in [4.69, 9.17) is 24.3 Å². The second-order valence-corrected chi connectivity index (χ2v) is 13.1. The first-order valence-corrected chi connectivity index (χ1v) is 15.5. The maximum atomic E-state index is 14.1. The average molecular weight is 644 g/mol. The fourth-order valence-corrected chi connectivity index (χ4v) is 6.88. The molecule has 7 atom stereocenters. The molecule has 2 aliphatic rings. The second-order valence-electron chi connectivity index (χ2n) is 11.4. The van der Waals surface area contributed by atoms with Crippen LogP contribution >= 0.6 is 7.75 Å². The summed E-state index contributed by atoms with van der Waals surface area (Å²) in [5.74, 6) is -0.800. The van der Waals surface area contributed by atoms with Crippen LogP contribution < -0.4 is 15.3 Å². The van der Waals surface area contributed by atoms with Crippen molar-refractivity contribution in [3.05, 3.63) is 54.0 Å². The number of benzene rings is 1. The highest BCUT2D eigenvalue weighted by Gasteiger charge is 2.87. The molecule has 240 valence electrons. The van der Waals surface area contributed by atoms with Crippen LogP contribution in [0.15, 0.2) is 42.7 Å². The van der Waals surface area contributed by atoms with Crippen molar-refractivity contribution in [2.24, 2.45) is 5.41 Å². The first-order chi connectivity index (χ1) is 21.2. The summed E-state index contributed by atoms with van der Waals surface area (Å²) in [5.41, 5.74) is 3.09. The number of hydrogen-bond acceptors (Lipinski definition) is 13. The summed E-state index contributed by atoms with van der Waals surface area (Å²) in [5, 5.41) is 39.6. The van der Waals surface area contributed by atoms with Crippen molar-refractivity contribution in [1.29, 1.82) is 5.26 Å². The van der Waals surface area contributed by atoms with Gasteiger partial charge < -0.3 is 34.8 Å². The number of carbonyl (C=O) groups excluding carboxylic acids is 2. The standard InChI is InChI=1S/C28H34N7O9P/c1-15(2)42-25(38)16(3)33-45(40,44-18-8-6-17(7-9-18)24(37)34(4)5)41-13-27(12-29)26-28(27,39)22(36)21(43-26)19-10-11-20-23(30)31-14-32-35(19)20/h6-11,14-16,21-22,26,36,39H,13H2,1-5H3,(H,33,40)(H2,30,31,32)/t16-,21-,22-,26?,27-,28-,45?/m0/s1. The summed E-state index contributed by atoms with van der Waals surface area (Å²) in [4.78, 5) is 30.1. The van der Waals surface area contributed by atoms with Gasteiger partial charge in [0.05, 0.1) is 24.5 Å². The fraction of sp³-hybridized carbons (Fsp3) is 0.464. The van der Waals surface area contributed by atoms with E-state index in [2.05, 4.69) is 15.2 Å². The van der Waals surface area contributed by atoms with Crippen molar-refractivity contribution in [3.63, 3.8) is 0 Å². The molecule has 45 heavy (non-hydrogen) atoms. The number of nitrogens with zero attached hydrogens (tertiary/aromatic N) is 5. The van der Waals surface area contributed by atoms with Gasteiger partial charge in [-0.1, -0.05) is 0 Å². The predicted octanol–water partition coefficient (Wildman–Crippen LogP) is 1.20. The van der Waals surface area contributed by atoms with E-state index in [1.54, 1.807) is 40.1 Å². The molecule has 1 saturated heterocycles. The SMILES string of the molecule is CC(C)OC(=O)[C@H](C)NP(=O)(OC[C@@]1(C#N)C2O[C@@H](c3ccc4c(N)ncnn34)[C@H](O)[C@]21O)Oc1ccc(C(=O)N(C)C)cc1. The van der Waals surface area contributed by atoms with Crippen LogP contribution in [0.3, 0.4) is 0 Å². The third-order valence-electron chi connectivity index (χ3n) is 7.75. The molecule has 2 unspecified atom stereocenters. The Labute approximate surface area is 258 Å². The molecule has 1 amide bonds. The Kier molecular flexibility index (Phi) is 8.38. The lowest BCUT2D eigenvalue weighted by Gasteiger charge is -2.28. The zero-order chi connectivity index (χ0) is 32.9. The smallest absolute Gasteiger partial charge is 0.459 e. The highest BCUT2D eigenvalue weighted by molar-refractivity contribution is 7.52. The zero-order valence-electron chi connectivity index (χ0n) is 25.1. The maximum absolute atomic E-state index is 14.1. The second kappa shape index (κ2) is 11.7. The van der Waals surface area contributed by atoms with Gasteiger partial charge in [-0.25, -0.2) is 14.1 Å². The number of hydrogen-bond donors (Lipinski definition) is 4. The number of nitrogens with one attached hydrogen (secondary N) is 1. The first kappa shape index (κ1) is 32.3. The van der Waals surface area contributed by atoms with Gasteiger partial charge >= 0.3 is 13.7 Å². The molecule has 0 spiro atoms. The quantitative estimate of drug-likeness (QED) is 0.170. The first-order valence-electron chi connectivity index (χ1n) is 14.0. The Balaban J connectivity index is 1.37. The third kappa shape index (κ3) is 5.52. The topological polar surface area (TPSA) is 224 Å². The van der Waals surface area contributed by atoms with Gasteiger partial charge in [-0.3, -0.25) is 14.1 Å². The summed E-state index contributed by atoms with van der Waals surface area (Å²) in [6, 6.07) is 9.70. The van der Waals surface area contributed by atoms with Crippen LogP contribution in [0.5, 0.6) is 5.75 Å². The lowest BCUT2D eigenvalue weighted by Crippen LogP contribution is -2.40. The van der Waals surface area contributed by atoms with Crippen molar-refractivity contribution in [2.45, 2.75) is 56.8 Å². The number of amides is 1. The average Bonchev–Trinajstić information content (AvgIpc) is 3.21. The summed E-state index contributed by atoms with van der Waals surface area (Å²) in [6.45, 7) is 3.96. The van der Waals surface area contributed by atoms with Gasteiger partial charge in [-0.15, -0.1) is 0 Å². The molecule has 5 N–H and O–H groups in total. The van der Waals surface area contributed by atoms with Crippen molar-refractivity contribution in [3.8, 4) is 11.8 Å². The normalized spacial score (nSPS) is 27.3. The number of nitrogen functional groups attached to an aromatic ring is 1. The van der Waals surface area contributed by atoms with E-state index in [9.17, 15) is 29.6 Å². The zero-order valence-corrected chi connectivity index (χ0v) is 26.0. The Morgan fingerprint density at radius 1 is 1.24 bits per heavy atom. The molecule has 3 aromatic rings. The Morgan fingerprint density at radius 3 is 2.51 bits per heavy atom. The number of rotatable bonds is 11. The molecule has 17 heteroatoms. The van der Waals surface area contributed by atoms with Crippen LogP contribution in [0.4, 0.5) is 5.82 Å². The van der Waals surface area contributed by atoms with E-state index in [0.29, 0.717) is 16.8 Å². The van der Waals surface area contributed by atoms with Crippen LogP contribution in [0, 0.1) is 16.7 Å². The number of aromatic nitrogens is 3. The molecule has 0 radical (unpaired) electrons. The number of nitriles is 1. The number of ether oxygens (including phenoxy) is 2. The van der Waals surface area contributed by atoms with Crippen molar-refractivity contribution in [2.75, 3.05) is 26.4 Å². The van der Waals surface area contributed by atoms with Gasteiger partial charge in [-0.2, -0.15) is 15.4 Å². The Bertz CT molecular complexity index is 1710. The van der Waals surface area contributed by atoms with Crippen LogP contribution in [0.1, 0.15) is 42.9 Å². The number of aliphatic hydroxyl groups excluding tert-OH is 1. The van der Waals surface area contributed by atoms with Crippen molar-refractivity contribution in [1.82, 2.24) is 24.6 Å². The van der Waals surface area contributed by atoms with E-state index < -0.39 is 61.8 Å². The van der Waals surface area contributed by atoms with Gasteiger partial charge in [0.25, 0.3) is 5.91 Å². The minimum atomic E-state index is -4.49. The lowest BCUT2D eigenvalue weighted by atomic mass is 9.95. The molecule has 3 heterocycles. The van der Waals surface area contributed by atoms with E-state index in [0.717, 1.165) is 0 Å². The van der Waals surface area contributed by atoms with Crippen LogP contribution in [-0.4, -0.2) is 92.2 Å². The number of esters is 1. The molecule has 1 aromatic carbocycles. The van der Waals surface area contributed by atoms with Gasteiger partial charge in [0, 0.05) is 19.7 Å². The summed E-state index contributed by atoms with van der Waals surface area (Å²) in [6.07, 6.45) is -3.18. The highest BCUT2D eigenvalue weighted by Crippen LogP contribution is 2.68. The van der Waals surface area contributed by atoms with E-state index in [-0.39, 0.29) is 17.5 Å². The fourth-order valence-electron chi connectivity index (χ4n) is 5.34. The van der Waals surface area contributed by atoms with Crippen LogP contribution in [0.2, 0.25) is 0 Å². The van der Waals surface area contributed by atoms with Crippen molar-refractivity contribution >= 4 is 31.0 Å². The molecular formula is C28H34N7O9P. The van der Waals surface area contributed by atoms with Crippen LogP contribution in [0.25, 0.3) is 5.52 Å². The van der Waals surface area contributed by atoms with Gasteiger partial charge in [0.15, 0.2) is 5.82 Å². The maximum Gasteiger partial charge on any atom is 0.459 e. The molecule has 1 aliphatic carbocycles. The summed E-state index contributed by atoms with van der Waals surface area (Å²) >= 11 is 0. The number of nitrogens with two attached hydrogens (primary N) is 1. The lowest BCUT2D eigenvalue weighted by molar-refractivity contribution is -0.149. The highest BCUT2D eigenvalue weighted by atomic mass is 31.2. The van der Waals surface area contributed by atoms with E-state index >= 15 is 0 Å². The van der Waals surface area contributed by atoms with E-state index in [1.807, 2.05) is 6.07 Å². The minimum absolute atomic E-state index is 0.0176. The molecule has 1 saturated carbocycles. The molecular weight excluding hydrogens is 609 g/mol. The molecule has 2 fully saturated rings. The largest absolute Gasteiger partial charge is 0.462 e. The molecule has 5 rings (SSSR count). The van der Waals surface area contributed by atoms with Crippen LogP contribution in [-0.2, 0) is 23.4 Å². The molecule has 2 aromatic heterocycles. The Morgan fingerprint density at radius 2 is 1.93 bits per heavy atom. The summed E-state index contributed by atoms with van der Waals surface area (Å²) in [7, 11) is -1.31. The minimum Gasteiger partial charge on any atom is -0.462 e. The molecule has 0 bridgehead atoms. The van der Waals surface area contributed by atoms with Gasteiger partial charge in [-0.05, 0) is 57.2 Å². The Hall–Kier alpha value is -4.10. The van der Waals surface area contributed by atoms with E-state index in [1.165, 1.54) is 46.9 Å². The monoisotopic (exact) mass is 643 g/mol. The number of aliphatic hydroxyl groups is 2. The van der Waals surface area contributed by atoms with Crippen molar-refractivity contribution < 1.29 is 42.9 Å². The third-order valence-corrected chi connectivity index (χ3v) is 9.38. The number of fused-ring (bicyclic) bond motifs is 2. The summed E-state index contributed by atoms with van der Waals surface area (Å²) < 4.78 is 38.0. The number of carbonyl (C=O) groups is 2.